The number of benzene rings is 1. The minimum Gasteiger partial charge on any atom is -0.349 e. The number of carbonyl (C=O) groups is 2. The molecule has 2 aromatic heterocycles. The van der Waals surface area contributed by atoms with Crippen LogP contribution in [0.4, 0.5) is 5.69 Å². The van der Waals surface area contributed by atoms with E-state index in [1.807, 2.05) is 30.7 Å². The van der Waals surface area contributed by atoms with Crippen molar-refractivity contribution in [1.29, 1.82) is 0 Å². The molecule has 8 heteroatoms. The summed E-state index contributed by atoms with van der Waals surface area (Å²) in [5.74, 6) is 0.186. The largest absolute Gasteiger partial charge is 0.349 e. The number of nitrogens with zero attached hydrogens (tertiary/aromatic N) is 5. The summed E-state index contributed by atoms with van der Waals surface area (Å²) in [5.41, 5.74) is 2.64. The normalized spacial score (nSPS) is 18.0. The van der Waals surface area contributed by atoms with Crippen LogP contribution in [0.15, 0.2) is 48.9 Å². The number of pyridine rings is 1. The fourth-order valence-corrected chi connectivity index (χ4v) is 4.68. The molecule has 1 atom stereocenters. The number of nitrogens with one attached hydrogen (secondary N) is 1. The van der Waals surface area contributed by atoms with Crippen LogP contribution in [0, 0.1) is 0 Å². The third-order valence-electron chi connectivity index (χ3n) is 6.51. The summed E-state index contributed by atoms with van der Waals surface area (Å²) >= 11 is 0. The van der Waals surface area contributed by atoms with Crippen LogP contribution in [-0.2, 0) is 0 Å². The molecule has 2 aliphatic rings. The molecule has 0 saturated heterocycles. The van der Waals surface area contributed by atoms with Crippen molar-refractivity contribution < 1.29 is 9.59 Å². The summed E-state index contributed by atoms with van der Waals surface area (Å²) < 4.78 is 1.81. The highest BCUT2D eigenvalue weighted by molar-refractivity contribution is 6.07. The first-order valence-corrected chi connectivity index (χ1v) is 11.6. The number of rotatable bonds is 5. The molecular formula is C25H28N6O2. The van der Waals surface area contributed by atoms with Gasteiger partial charge in [-0.15, -0.1) is 0 Å². The van der Waals surface area contributed by atoms with Gasteiger partial charge in [-0.3, -0.25) is 19.3 Å². The summed E-state index contributed by atoms with van der Waals surface area (Å²) in [4.78, 5) is 36.7. The molecule has 1 aliphatic heterocycles. The second-order valence-electron chi connectivity index (χ2n) is 9.09. The number of carbonyl (C=O) groups excluding carboxylic acids is 2. The Bertz CT molecular complexity index is 1170. The number of anilines is 1. The van der Waals surface area contributed by atoms with Gasteiger partial charge in [0.25, 0.3) is 11.8 Å². The smallest absolute Gasteiger partial charge is 0.276 e. The van der Waals surface area contributed by atoms with E-state index in [4.69, 9.17) is 0 Å². The molecule has 0 bridgehead atoms. The van der Waals surface area contributed by atoms with Gasteiger partial charge in [-0.1, -0.05) is 18.9 Å². The van der Waals surface area contributed by atoms with Crippen LogP contribution >= 0.6 is 0 Å². The van der Waals surface area contributed by atoms with Crippen LogP contribution in [0.2, 0.25) is 0 Å². The van der Waals surface area contributed by atoms with E-state index in [1.54, 1.807) is 41.7 Å². The van der Waals surface area contributed by atoms with Crippen LogP contribution in [0.5, 0.6) is 0 Å². The topological polar surface area (TPSA) is 93.0 Å². The van der Waals surface area contributed by atoms with Gasteiger partial charge < -0.3 is 10.2 Å². The second kappa shape index (κ2) is 8.77. The van der Waals surface area contributed by atoms with E-state index in [9.17, 15) is 9.59 Å². The van der Waals surface area contributed by atoms with Crippen molar-refractivity contribution in [3.05, 3.63) is 71.6 Å². The highest BCUT2D eigenvalue weighted by Crippen LogP contribution is 2.40. The van der Waals surface area contributed by atoms with Crippen LogP contribution in [0.25, 0.3) is 0 Å². The van der Waals surface area contributed by atoms with Crippen LogP contribution in [0.1, 0.15) is 83.7 Å². The van der Waals surface area contributed by atoms with E-state index < -0.39 is 0 Å². The summed E-state index contributed by atoms with van der Waals surface area (Å²) in [7, 11) is 0. The van der Waals surface area contributed by atoms with Gasteiger partial charge in [-0.05, 0) is 62.6 Å². The average Bonchev–Trinajstić information content (AvgIpc) is 3.58. The maximum atomic E-state index is 13.3. The van der Waals surface area contributed by atoms with Crippen molar-refractivity contribution in [3.8, 4) is 0 Å². The maximum absolute atomic E-state index is 13.3. The minimum atomic E-state index is -0.216. The Kier molecular flexibility index (Phi) is 5.66. The third kappa shape index (κ3) is 4.13. The van der Waals surface area contributed by atoms with E-state index in [2.05, 4.69) is 20.4 Å². The molecule has 0 unspecified atom stereocenters. The molecule has 3 aromatic rings. The Morgan fingerprint density at radius 2 is 1.91 bits per heavy atom. The van der Waals surface area contributed by atoms with Gasteiger partial charge in [0.05, 0.1) is 5.92 Å². The lowest BCUT2D eigenvalue weighted by molar-refractivity contribution is 0.0936. The lowest BCUT2D eigenvalue weighted by Crippen LogP contribution is -2.32. The number of hydrogen-bond donors (Lipinski definition) is 1. The van der Waals surface area contributed by atoms with Crippen molar-refractivity contribution in [2.45, 2.75) is 57.5 Å². The van der Waals surface area contributed by atoms with Crippen molar-refractivity contribution in [2.75, 3.05) is 11.4 Å². The molecule has 170 valence electrons. The first-order chi connectivity index (χ1) is 16.0. The fourth-order valence-electron chi connectivity index (χ4n) is 4.68. The lowest BCUT2D eigenvalue weighted by Gasteiger charge is -2.17. The van der Waals surface area contributed by atoms with E-state index in [0.717, 1.165) is 36.9 Å². The summed E-state index contributed by atoms with van der Waals surface area (Å²) in [6.45, 7) is 4.49. The molecule has 8 nitrogen and oxygen atoms in total. The molecule has 2 amide bonds. The molecule has 1 aliphatic carbocycles. The van der Waals surface area contributed by atoms with E-state index in [-0.39, 0.29) is 29.8 Å². The summed E-state index contributed by atoms with van der Waals surface area (Å²) in [6.07, 6.45) is 7.71. The standard InChI is InChI=1S/C25H28N6O2/c1-16(2)31-15-27-23(29-31)20-14-30(25(33)21-9-5-6-12-26-21)22-11-10-17(13-19(20)22)24(32)28-18-7-3-4-8-18/h5-6,9-13,15-16,18,20H,3-4,7-8,14H2,1-2H3,(H,28,32)/t20-/m0/s1. The van der Waals surface area contributed by atoms with Gasteiger partial charge in [0, 0.05) is 36.1 Å². The van der Waals surface area contributed by atoms with Crippen LogP contribution in [0.3, 0.4) is 0 Å². The van der Waals surface area contributed by atoms with E-state index >= 15 is 0 Å². The first kappa shape index (κ1) is 21.3. The number of amides is 2. The Labute approximate surface area is 193 Å². The van der Waals surface area contributed by atoms with Gasteiger partial charge >= 0.3 is 0 Å². The van der Waals surface area contributed by atoms with Gasteiger partial charge in [-0.25, -0.2) is 4.98 Å². The highest BCUT2D eigenvalue weighted by Gasteiger charge is 2.37. The van der Waals surface area contributed by atoms with Crippen LogP contribution in [-0.4, -0.2) is 44.1 Å². The first-order valence-electron chi connectivity index (χ1n) is 11.6. The van der Waals surface area contributed by atoms with Crippen molar-refractivity contribution in [1.82, 2.24) is 25.1 Å². The van der Waals surface area contributed by atoms with Gasteiger partial charge in [0.2, 0.25) is 0 Å². The minimum absolute atomic E-state index is 0.0707. The Balaban J connectivity index is 1.50. The van der Waals surface area contributed by atoms with Crippen LogP contribution < -0.4 is 10.2 Å². The Morgan fingerprint density at radius 1 is 1.09 bits per heavy atom. The van der Waals surface area contributed by atoms with Crippen molar-refractivity contribution in [3.63, 3.8) is 0 Å². The molecule has 33 heavy (non-hydrogen) atoms. The molecule has 1 fully saturated rings. The molecule has 1 N–H and O–H groups in total. The van der Waals surface area contributed by atoms with Gasteiger partial charge in [0.15, 0.2) is 5.82 Å². The predicted octanol–water partition coefficient (Wildman–Crippen LogP) is 3.72. The molecule has 0 radical (unpaired) electrons. The zero-order valence-electron chi connectivity index (χ0n) is 18.9. The molecule has 1 aromatic carbocycles. The SMILES string of the molecule is CC(C)n1cnc([C@H]2CN(C(=O)c3ccccn3)c3ccc(C(=O)NC4CCCC4)cc32)n1. The van der Waals surface area contributed by atoms with Crippen molar-refractivity contribution in [2.24, 2.45) is 0 Å². The van der Waals surface area contributed by atoms with Gasteiger partial charge in [0.1, 0.15) is 12.0 Å². The maximum Gasteiger partial charge on any atom is 0.276 e. The number of fused-ring (bicyclic) bond motifs is 1. The quantitative estimate of drug-likeness (QED) is 0.647. The van der Waals surface area contributed by atoms with E-state index in [1.165, 1.54) is 0 Å². The van der Waals surface area contributed by atoms with Crippen molar-refractivity contribution >= 4 is 17.5 Å². The molecule has 5 rings (SSSR count). The highest BCUT2D eigenvalue weighted by atomic mass is 16.2. The zero-order valence-corrected chi connectivity index (χ0v) is 18.9. The average molecular weight is 445 g/mol. The molecular weight excluding hydrogens is 416 g/mol. The second-order valence-corrected chi connectivity index (χ2v) is 9.09. The molecule has 3 heterocycles. The monoisotopic (exact) mass is 444 g/mol. The van der Waals surface area contributed by atoms with Gasteiger partial charge in [-0.2, -0.15) is 5.10 Å². The van der Waals surface area contributed by atoms with E-state index in [0.29, 0.717) is 23.6 Å². The number of aromatic nitrogens is 4. The zero-order chi connectivity index (χ0) is 22.9. The third-order valence-corrected chi connectivity index (χ3v) is 6.51. The Morgan fingerprint density at radius 3 is 2.61 bits per heavy atom. The predicted molar refractivity (Wildman–Crippen MR) is 124 cm³/mol. The lowest BCUT2D eigenvalue weighted by atomic mass is 9.98. The summed E-state index contributed by atoms with van der Waals surface area (Å²) in [6, 6.07) is 11.3. The Hall–Kier alpha value is -3.55. The molecule has 1 saturated carbocycles. The number of hydrogen-bond acceptors (Lipinski definition) is 5. The molecule has 0 spiro atoms. The fraction of sp³-hybridized carbons (Fsp3) is 0.400. The summed E-state index contributed by atoms with van der Waals surface area (Å²) in [5, 5.41) is 7.82.